The summed E-state index contributed by atoms with van der Waals surface area (Å²) in [7, 11) is 0. The normalized spacial score (nSPS) is 10.6. The van der Waals surface area contributed by atoms with Crippen molar-refractivity contribution in [1.82, 2.24) is 9.55 Å². The number of para-hydroxylation sites is 1. The monoisotopic (exact) mass is 340 g/mol. The van der Waals surface area contributed by atoms with E-state index in [4.69, 9.17) is 16.3 Å². The van der Waals surface area contributed by atoms with Crippen molar-refractivity contribution in [1.29, 1.82) is 0 Å². The van der Waals surface area contributed by atoms with Gasteiger partial charge in [-0.3, -0.25) is 4.98 Å². The predicted molar refractivity (Wildman–Crippen MR) is 93.7 cm³/mol. The second kappa shape index (κ2) is 6.89. The zero-order valence-electron chi connectivity index (χ0n) is 13.5. The maximum absolute atomic E-state index is 12.5. The molecule has 0 aliphatic rings. The molecule has 2 heterocycles. The van der Waals surface area contributed by atoms with E-state index in [1.807, 2.05) is 42.7 Å². The molecule has 4 nitrogen and oxygen atoms in total. The molecule has 0 aliphatic carbocycles. The number of hydrogen-bond donors (Lipinski definition) is 0. The first kappa shape index (κ1) is 16.3. The molecular formula is C19H17ClN2O2. The van der Waals surface area contributed by atoms with E-state index < -0.39 is 5.97 Å². The summed E-state index contributed by atoms with van der Waals surface area (Å²) < 4.78 is 7.48. The first-order valence-electron chi connectivity index (χ1n) is 7.59. The molecule has 0 bridgehead atoms. The molecule has 0 saturated carbocycles. The average molecular weight is 341 g/mol. The topological polar surface area (TPSA) is 44.1 Å². The average Bonchev–Trinajstić information content (AvgIpc) is 2.86. The van der Waals surface area contributed by atoms with Gasteiger partial charge in [-0.25, -0.2) is 4.79 Å². The highest BCUT2D eigenvalue weighted by Crippen LogP contribution is 2.25. The van der Waals surface area contributed by atoms with Crippen molar-refractivity contribution in [3.05, 3.63) is 82.4 Å². The van der Waals surface area contributed by atoms with Crippen molar-refractivity contribution < 1.29 is 9.53 Å². The second-order valence-corrected chi connectivity index (χ2v) is 5.92. The molecule has 3 rings (SSSR count). The Bertz CT molecular complexity index is 872. The van der Waals surface area contributed by atoms with Gasteiger partial charge in [0, 0.05) is 17.6 Å². The van der Waals surface area contributed by atoms with Crippen molar-refractivity contribution in [2.45, 2.75) is 20.4 Å². The predicted octanol–water partition coefficient (Wildman–Crippen LogP) is 4.42. The van der Waals surface area contributed by atoms with E-state index in [-0.39, 0.29) is 0 Å². The number of carbonyl (C=O) groups is 1. The maximum atomic E-state index is 12.5. The SMILES string of the molecule is Cc1cc(C(=O)Oc2ccccc2Cl)c(C)n1Cc1ccccn1. The van der Waals surface area contributed by atoms with Gasteiger partial charge in [0.1, 0.15) is 5.75 Å². The molecule has 0 N–H and O–H groups in total. The number of ether oxygens (including phenoxy) is 1. The number of esters is 1. The van der Waals surface area contributed by atoms with Gasteiger partial charge >= 0.3 is 5.97 Å². The third kappa shape index (κ3) is 3.34. The zero-order valence-corrected chi connectivity index (χ0v) is 14.2. The van der Waals surface area contributed by atoms with Crippen LogP contribution in [0, 0.1) is 13.8 Å². The Balaban J connectivity index is 1.86. The van der Waals surface area contributed by atoms with Crippen LogP contribution in [0.25, 0.3) is 0 Å². The Kier molecular flexibility index (Phi) is 4.67. The lowest BCUT2D eigenvalue weighted by Crippen LogP contribution is -2.11. The van der Waals surface area contributed by atoms with Crippen LogP contribution in [0.3, 0.4) is 0 Å². The highest BCUT2D eigenvalue weighted by Gasteiger charge is 2.18. The van der Waals surface area contributed by atoms with Gasteiger partial charge in [0.05, 0.1) is 22.8 Å². The highest BCUT2D eigenvalue weighted by atomic mass is 35.5. The largest absolute Gasteiger partial charge is 0.421 e. The Morgan fingerprint density at radius 2 is 1.92 bits per heavy atom. The molecule has 0 atom stereocenters. The van der Waals surface area contributed by atoms with Crippen molar-refractivity contribution in [3.63, 3.8) is 0 Å². The Labute approximate surface area is 145 Å². The second-order valence-electron chi connectivity index (χ2n) is 5.51. The fraction of sp³-hybridized carbons (Fsp3) is 0.158. The molecule has 24 heavy (non-hydrogen) atoms. The van der Waals surface area contributed by atoms with Gasteiger partial charge in [-0.15, -0.1) is 0 Å². The van der Waals surface area contributed by atoms with Crippen LogP contribution in [-0.4, -0.2) is 15.5 Å². The molecular weight excluding hydrogens is 324 g/mol. The number of carbonyl (C=O) groups excluding carboxylic acids is 1. The van der Waals surface area contributed by atoms with Crippen LogP contribution in [0.4, 0.5) is 0 Å². The van der Waals surface area contributed by atoms with Crippen LogP contribution < -0.4 is 4.74 Å². The van der Waals surface area contributed by atoms with Crippen LogP contribution in [0.15, 0.2) is 54.7 Å². The lowest BCUT2D eigenvalue weighted by molar-refractivity contribution is 0.0734. The lowest BCUT2D eigenvalue weighted by atomic mass is 10.2. The van der Waals surface area contributed by atoms with Crippen molar-refractivity contribution in [2.75, 3.05) is 0 Å². The van der Waals surface area contributed by atoms with Crippen LogP contribution in [0.2, 0.25) is 5.02 Å². The van der Waals surface area contributed by atoms with Gasteiger partial charge in [-0.2, -0.15) is 0 Å². The van der Waals surface area contributed by atoms with Crippen LogP contribution in [-0.2, 0) is 6.54 Å². The summed E-state index contributed by atoms with van der Waals surface area (Å²) in [5.74, 6) is -0.0535. The fourth-order valence-electron chi connectivity index (χ4n) is 2.59. The van der Waals surface area contributed by atoms with Crippen LogP contribution in [0.5, 0.6) is 5.75 Å². The number of pyridine rings is 1. The molecule has 0 amide bonds. The summed E-state index contributed by atoms with van der Waals surface area (Å²) in [5, 5.41) is 0.410. The summed E-state index contributed by atoms with van der Waals surface area (Å²) in [5.41, 5.74) is 3.29. The van der Waals surface area contributed by atoms with Gasteiger partial charge in [0.2, 0.25) is 0 Å². The minimum absolute atomic E-state index is 0.360. The van der Waals surface area contributed by atoms with E-state index in [1.165, 1.54) is 0 Å². The Hall–Kier alpha value is -2.59. The molecule has 0 saturated heterocycles. The smallest absolute Gasteiger partial charge is 0.345 e. The Morgan fingerprint density at radius 1 is 1.17 bits per heavy atom. The van der Waals surface area contributed by atoms with Gasteiger partial charge < -0.3 is 9.30 Å². The van der Waals surface area contributed by atoms with Crippen molar-refractivity contribution in [2.24, 2.45) is 0 Å². The van der Waals surface area contributed by atoms with Gasteiger partial charge in [0.15, 0.2) is 0 Å². The number of nitrogens with zero attached hydrogens (tertiary/aromatic N) is 2. The number of hydrogen-bond acceptors (Lipinski definition) is 3. The first-order chi connectivity index (χ1) is 11.6. The molecule has 122 valence electrons. The summed E-state index contributed by atoms with van der Waals surface area (Å²) in [4.78, 5) is 16.8. The third-order valence-corrected chi connectivity index (χ3v) is 4.19. The van der Waals surface area contributed by atoms with E-state index in [0.29, 0.717) is 22.9 Å². The fourth-order valence-corrected chi connectivity index (χ4v) is 2.76. The number of benzene rings is 1. The van der Waals surface area contributed by atoms with E-state index in [1.54, 1.807) is 30.5 Å². The summed E-state index contributed by atoms with van der Waals surface area (Å²) in [6.45, 7) is 4.47. The molecule has 0 spiro atoms. The Morgan fingerprint density at radius 3 is 2.62 bits per heavy atom. The summed E-state index contributed by atoms with van der Waals surface area (Å²) in [6.07, 6.45) is 1.76. The van der Waals surface area contributed by atoms with Gasteiger partial charge in [-0.1, -0.05) is 29.8 Å². The number of aromatic nitrogens is 2. The quantitative estimate of drug-likeness (QED) is 0.521. The van der Waals surface area contributed by atoms with Gasteiger partial charge in [0.25, 0.3) is 0 Å². The number of halogens is 1. The molecule has 0 radical (unpaired) electrons. The molecule has 2 aromatic heterocycles. The minimum atomic E-state index is -0.413. The lowest BCUT2D eigenvalue weighted by Gasteiger charge is -2.09. The summed E-state index contributed by atoms with van der Waals surface area (Å²) >= 11 is 6.05. The minimum Gasteiger partial charge on any atom is -0.421 e. The number of rotatable bonds is 4. The zero-order chi connectivity index (χ0) is 17.1. The standard InChI is InChI=1S/C19H17ClN2O2/c1-13-11-16(19(23)24-18-9-4-3-8-17(18)20)14(2)22(13)12-15-7-5-6-10-21-15/h3-11H,12H2,1-2H3. The summed E-state index contributed by atoms with van der Waals surface area (Å²) in [6, 6.07) is 14.5. The molecule has 0 aliphatic heterocycles. The molecule has 0 unspecified atom stereocenters. The van der Waals surface area contributed by atoms with E-state index in [0.717, 1.165) is 17.1 Å². The van der Waals surface area contributed by atoms with E-state index >= 15 is 0 Å². The van der Waals surface area contributed by atoms with E-state index in [2.05, 4.69) is 4.98 Å². The first-order valence-corrected chi connectivity index (χ1v) is 7.97. The molecule has 5 heteroatoms. The molecule has 3 aromatic rings. The van der Waals surface area contributed by atoms with Crippen molar-refractivity contribution in [3.8, 4) is 5.75 Å². The number of aryl methyl sites for hydroxylation is 1. The molecule has 0 fully saturated rings. The molecule has 1 aromatic carbocycles. The van der Waals surface area contributed by atoms with Crippen molar-refractivity contribution >= 4 is 17.6 Å². The van der Waals surface area contributed by atoms with E-state index in [9.17, 15) is 4.79 Å². The van der Waals surface area contributed by atoms with Crippen LogP contribution >= 0.6 is 11.6 Å². The maximum Gasteiger partial charge on any atom is 0.345 e. The highest BCUT2D eigenvalue weighted by molar-refractivity contribution is 6.32. The van der Waals surface area contributed by atoms with Gasteiger partial charge in [-0.05, 0) is 44.2 Å². The van der Waals surface area contributed by atoms with Crippen LogP contribution in [0.1, 0.15) is 27.4 Å². The third-order valence-electron chi connectivity index (χ3n) is 3.88.